The molecule has 0 N–H and O–H groups in total. The van der Waals surface area contributed by atoms with Crippen LogP contribution in [0.4, 0.5) is 4.39 Å². The Labute approximate surface area is 93.0 Å². The molecule has 0 aromatic heterocycles. The first-order chi connectivity index (χ1) is 7.29. The van der Waals surface area contributed by atoms with Crippen molar-refractivity contribution in [1.29, 1.82) is 0 Å². The molecule has 2 saturated heterocycles. The number of alkyl halides is 1. The van der Waals surface area contributed by atoms with Gasteiger partial charge < -0.3 is 0 Å². The van der Waals surface area contributed by atoms with E-state index in [1.165, 1.54) is 0 Å². The Balaban J connectivity index is 2.02. The van der Waals surface area contributed by atoms with E-state index in [1.807, 2.05) is 0 Å². The molecular weight excluding hydrogens is 263 g/mol. The summed E-state index contributed by atoms with van der Waals surface area (Å²) in [5.41, 5.74) is 0. The van der Waals surface area contributed by atoms with Crippen LogP contribution in [0.25, 0.3) is 0 Å². The molecule has 2 aliphatic heterocycles. The Morgan fingerprint density at radius 1 is 0.938 bits per heavy atom. The molecule has 0 aromatic rings. The number of halogens is 1. The van der Waals surface area contributed by atoms with Crippen LogP contribution in [0.5, 0.6) is 0 Å². The molecule has 6 nitrogen and oxygen atoms in total. The first kappa shape index (κ1) is 12.2. The normalized spacial score (nSPS) is 38.6. The van der Waals surface area contributed by atoms with E-state index in [1.54, 1.807) is 0 Å². The second kappa shape index (κ2) is 3.90. The van der Waals surface area contributed by atoms with Crippen molar-refractivity contribution in [1.82, 2.24) is 0 Å². The van der Waals surface area contributed by atoms with Crippen LogP contribution < -0.4 is 0 Å². The van der Waals surface area contributed by atoms with E-state index < -0.39 is 38.6 Å². The molecular formula is C7H11FO6S2. The Hall–Kier alpha value is -0.250. The van der Waals surface area contributed by atoms with Gasteiger partial charge >= 0.3 is 0 Å². The molecule has 0 spiro atoms. The minimum Gasteiger partial charge on any atom is -0.264 e. The van der Waals surface area contributed by atoms with Crippen LogP contribution in [0, 0.1) is 0 Å². The summed E-state index contributed by atoms with van der Waals surface area (Å²) in [6, 6.07) is 0. The highest BCUT2D eigenvalue weighted by Crippen LogP contribution is 2.29. The molecule has 94 valence electrons. The van der Waals surface area contributed by atoms with Gasteiger partial charge in [-0.25, -0.2) is 4.39 Å². The first-order valence-electron chi connectivity index (χ1n) is 4.75. The minimum absolute atomic E-state index is 0.0312. The summed E-state index contributed by atoms with van der Waals surface area (Å²) in [4.78, 5) is 0. The third kappa shape index (κ3) is 2.53. The predicted molar refractivity (Wildman–Crippen MR) is 51.4 cm³/mol. The van der Waals surface area contributed by atoms with Gasteiger partial charge in [0.15, 0.2) is 6.17 Å². The zero-order valence-corrected chi connectivity index (χ0v) is 9.84. The highest BCUT2D eigenvalue weighted by molar-refractivity contribution is 7.87. The van der Waals surface area contributed by atoms with Crippen LogP contribution in [-0.2, 0) is 28.6 Å². The van der Waals surface area contributed by atoms with Crippen molar-refractivity contribution in [3.05, 3.63) is 0 Å². The van der Waals surface area contributed by atoms with Crippen molar-refractivity contribution in [3.63, 3.8) is 0 Å². The van der Waals surface area contributed by atoms with E-state index in [9.17, 15) is 21.2 Å². The summed E-state index contributed by atoms with van der Waals surface area (Å²) in [5.74, 6) is -0.477. The molecule has 2 atom stereocenters. The lowest BCUT2D eigenvalue weighted by atomic mass is 10.1. The largest absolute Gasteiger partial charge is 0.267 e. The minimum atomic E-state index is -3.64. The van der Waals surface area contributed by atoms with Crippen LogP contribution in [0.3, 0.4) is 0 Å². The third-order valence-corrected chi connectivity index (χ3v) is 5.11. The van der Waals surface area contributed by atoms with E-state index in [-0.39, 0.29) is 24.3 Å². The molecule has 2 heterocycles. The number of hydrogen-bond acceptors (Lipinski definition) is 6. The molecule has 0 aliphatic carbocycles. The summed E-state index contributed by atoms with van der Waals surface area (Å²) in [7, 11) is -7.29. The average Bonchev–Trinajstić information content (AvgIpc) is 2.68. The fraction of sp³-hybridized carbons (Fsp3) is 1.00. The van der Waals surface area contributed by atoms with Gasteiger partial charge in [0.05, 0.1) is 11.5 Å². The van der Waals surface area contributed by atoms with Gasteiger partial charge in [-0.05, 0) is 12.8 Å². The SMILES string of the molecule is O=S1(=O)CCC(C(F)C2CCS(=O)(=O)O2)O1. The Bertz CT molecular complexity index is 425. The maximum absolute atomic E-state index is 13.7. The Kier molecular flexibility index (Phi) is 2.97. The van der Waals surface area contributed by atoms with Crippen LogP contribution >= 0.6 is 0 Å². The zero-order chi connectivity index (χ0) is 12.0. The molecule has 9 heteroatoms. The van der Waals surface area contributed by atoms with Gasteiger partial charge in [-0.3, -0.25) is 8.37 Å². The molecule has 0 radical (unpaired) electrons. The average molecular weight is 274 g/mol. The van der Waals surface area contributed by atoms with Crippen molar-refractivity contribution in [2.75, 3.05) is 11.5 Å². The van der Waals surface area contributed by atoms with Crippen molar-refractivity contribution in [2.45, 2.75) is 31.2 Å². The maximum atomic E-state index is 13.7. The zero-order valence-electron chi connectivity index (χ0n) is 8.20. The second-order valence-corrected chi connectivity index (χ2v) is 7.25. The molecule has 2 aliphatic rings. The van der Waals surface area contributed by atoms with Gasteiger partial charge in [0.25, 0.3) is 20.2 Å². The van der Waals surface area contributed by atoms with Crippen molar-refractivity contribution in [2.24, 2.45) is 0 Å². The van der Waals surface area contributed by atoms with Crippen molar-refractivity contribution < 1.29 is 29.6 Å². The Morgan fingerprint density at radius 3 is 1.56 bits per heavy atom. The molecule has 2 unspecified atom stereocenters. The van der Waals surface area contributed by atoms with Crippen molar-refractivity contribution >= 4 is 20.2 Å². The highest BCUT2D eigenvalue weighted by Gasteiger charge is 2.43. The third-order valence-electron chi connectivity index (χ3n) is 2.56. The van der Waals surface area contributed by atoms with Crippen LogP contribution in [0.2, 0.25) is 0 Å². The van der Waals surface area contributed by atoms with E-state index >= 15 is 0 Å². The number of hydrogen-bond donors (Lipinski definition) is 0. The van der Waals surface area contributed by atoms with Crippen molar-refractivity contribution in [3.8, 4) is 0 Å². The maximum Gasteiger partial charge on any atom is 0.267 e. The van der Waals surface area contributed by atoms with Gasteiger partial charge in [-0.2, -0.15) is 16.8 Å². The lowest BCUT2D eigenvalue weighted by Crippen LogP contribution is -2.33. The quantitative estimate of drug-likeness (QED) is 0.635. The van der Waals surface area contributed by atoms with E-state index in [0.29, 0.717) is 0 Å². The fourth-order valence-electron chi connectivity index (χ4n) is 1.75. The molecule has 0 aromatic carbocycles. The number of rotatable bonds is 2. The molecule has 0 bridgehead atoms. The van der Waals surface area contributed by atoms with E-state index in [4.69, 9.17) is 0 Å². The van der Waals surface area contributed by atoms with Gasteiger partial charge in [0.2, 0.25) is 0 Å². The summed E-state index contributed by atoms with van der Waals surface area (Å²) in [5, 5.41) is 0. The molecule has 0 amide bonds. The first-order valence-corrected chi connectivity index (χ1v) is 7.90. The monoisotopic (exact) mass is 274 g/mol. The molecule has 16 heavy (non-hydrogen) atoms. The highest BCUT2D eigenvalue weighted by atomic mass is 32.2. The lowest BCUT2D eigenvalue weighted by molar-refractivity contribution is 0.0368. The van der Waals surface area contributed by atoms with Crippen LogP contribution in [0.15, 0.2) is 0 Å². The summed E-state index contributed by atoms with van der Waals surface area (Å²) in [6.07, 6.45) is -3.91. The fourth-order valence-corrected chi connectivity index (χ4v) is 4.15. The molecule has 2 fully saturated rings. The summed E-state index contributed by atoms with van der Waals surface area (Å²) < 4.78 is 66.5. The van der Waals surface area contributed by atoms with E-state index in [0.717, 1.165) is 0 Å². The topological polar surface area (TPSA) is 86.7 Å². The second-order valence-electron chi connectivity index (χ2n) is 3.81. The van der Waals surface area contributed by atoms with Gasteiger partial charge in [-0.1, -0.05) is 0 Å². The summed E-state index contributed by atoms with van der Waals surface area (Å²) >= 11 is 0. The van der Waals surface area contributed by atoms with Crippen LogP contribution in [-0.4, -0.2) is 46.7 Å². The predicted octanol–water partition coefficient (Wildman–Crippen LogP) is -0.438. The van der Waals surface area contributed by atoms with E-state index in [2.05, 4.69) is 8.37 Å². The molecule has 2 rings (SSSR count). The van der Waals surface area contributed by atoms with Gasteiger partial charge in [0, 0.05) is 0 Å². The Morgan fingerprint density at radius 2 is 1.31 bits per heavy atom. The smallest absolute Gasteiger partial charge is 0.264 e. The lowest BCUT2D eigenvalue weighted by Gasteiger charge is -2.17. The van der Waals surface area contributed by atoms with Gasteiger partial charge in [0.1, 0.15) is 12.2 Å². The standard InChI is InChI=1S/C7H11FO6S2/c8-7(5-1-3-15(9,10)13-5)6-2-4-16(11,12)14-6/h5-7H,1-4H2. The molecule has 0 saturated carbocycles. The summed E-state index contributed by atoms with van der Waals surface area (Å²) in [6.45, 7) is 0. The van der Waals surface area contributed by atoms with Crippen LogP contribution in [0.1, 0.15) is 12.8 Å². The van der Waals surface area contributed by atoms with Gasteiger partial charge in [-0.15, -0.1) is 0 Å².